The molecule has 0 radical (unpaired) electrons. The van der Waals surface area contributed by atoms with Crippen LogP contribution in [-0.2, 0) is 9.53 Å². The molecule has 2 atom stereocenters. The number of carbonyl (C=O) groups is 1. The van der Waals surface area contributed by atoms with Crippen LogP contribution in [-0.4, -0.2) is 24.6 Å². The SMILES string of the molecule is CC(=O)CCC1=CC(O[C@H](C)CNI)=CC(F)C1. The van der Waals surface area contributed by atoms with Crippen LogP contribution >= 0.6 is 22.9 Å². The Bertz CT molecular complexity index is 355. The van der Waals surface area contributed by atoms with E-state index in [0.29, 0.717) is 31.6 Å². The molecule has 1 rings (SSSR count). The Labute approximate surface area is 121 Å². The smallest absolute Gasteiger partial charge is 0.130 e. The molecular formula is C13H19FINO2. The van der Waals surface area contributed by atoms with Crippen molar-refractivity contribution in [1.82, 2.24) is 3.53 Å². The van der Waals surface area contributed by atoms with Gasteiger partial charge < -0.3 is 9.53 Å². The summed E-state index contributed by atoms with van der Waals surface area (Å²) in [7, 11) is 0. The van der Waals surface area contributed by atoms with Crippen LogP contribution in [0, 0.1) is 0 Å². The van der Waals surface area contributed by atoms with E-state index >= 15 is 0 Å². The molecule has 1 N–H and O–H groups in total. The predicted octanol–water partition coefficient (Wildman–Crippen LogP) is 3.25. The van der Waals surface area contributed by atoms with Crippen LogP contribution in [0.25, 0.3) is 0 Å². The molecule has 1 aliphatic rings. The van der Waals surface area contributed by atoms with Gasteiger partial charge in [-0.25, -0.2) is 4.39 Å². The van der Waals surface area contributed by atoms with Crippen molar-refractivity contribution in [1.29, 1.82) is 0 Å². The van der Waals surface area contributed by atoms with Gasteiger partial charge in [-0.2, -0.15) is 0 Å². The van der Waals surface area contributed by atoms with Crippen LogP contribution in [0.1, 0.15) is 33.1 Å². The van der Waals surface area contributed by atoms with Crippen molar-refractivity contribution in [3.05, 3.63) is 23.5 Å². The third kappa shape index (κ3) is 5.95. The summed E-state index contributed by atoms with van der Waals surface area (Å²) in [6.45, 7) is 4.18. The second kappa shape index (κ2) is 7.89. The topological polar surface area (TPSA) is 38.3 Å². The lowest BCUT2D eigenvalue weighted by Gasteiger charge is -2.20. The molecule has 5 heteroatoms. The summed E-state index contributed by atoms with van der Waals surface area (Å²) in [5.41, 5.74) is 0.949. The largest absolute Gasteiger partial charge is 0.490 e. The summed E-state index contributed by atoms with van der Waals surface area (Å²) in [5, 5.41) is 0. The van der Waals surface area contributed by atoms with E-state index in [1.807, 2.05) is 35.9 Å². The fourth-order valence-electron chi connectivity index (χ4n) is 1.76. The molecule has 0 heterocycles. The molecular weight excluding hydrogens is 348 g/mol. The predicted molar refractivity (Wildman–Crippen MR) is 78.2 cm³/mol. The molecule has 0 aromatic heterocycles. The second-order valence-electron chi connectivity index (χ2n) is 4.56. The quantitative estimate of drug-likeness (QED) is 0.555. The molecule has 3 nitrogen and oxygen atoms in total. The molecule has 0 spiro atoms. The standard InChI is InChI=1S/C13H19FINO2/c1-9(17)3-4-11-5-12(14)7-13(6-11)18-10(2)8-16-15/h6-7,10,12,16H,3-5,8H2,1-2H3/t10-,12?/m1/s1. The highest BCUT2D eigenvalue weighted by Crippen LogP contribution is 2.25. The molecule has 0 fully saturated rings. The monoisotopic (exact) mass is 367 g/mol. The first-order valence-electron chi connectivity index (χ1n) is 6.06. The Morgan fingerprint density at radius 2 is 2.44 bits per heavy atom. The van der Waals surface area contributed by atoms with Crippen LogP contribution < -0.4 is 3.53 Å². The van der Waals surface area contributed by atoms with Crippen LogP contribution in [0.3, 0.4) is 0 Å². The van der Waals surface area contributed by atoms with Crippen LogP contribution in [0.5, 0.6) is 0 Å². The molecule has 0 bridgehead atoms. The van der Waals surface area contributed by atoms with Crippen molar-refractivity contribution in [3.8, 4) is 0 Å². The van der Waals surface area contributed by atoms with E-state index in [-0.39, 0.29) is 11.9 Å². The minimum Gasteiger partial charge on any atom is -0.490 e. The third-order valence-electron chi connectivity index (χ3n) is 2.65. The fraction of sp³-hybridized carbons (Fsp3) is 0.615. The molecule has 1 unspecified atom stereocenters. The molecule has 0 saturated carbocycles. The summed E-state index contributed by atoms with van der Waals surface area (Å²) in [6, 6.07) is 0. The number of hydrogen-bond acceptors (Lipinski definition) is 3. The van der Waals surface area contributed by atoms with Gasteiger partial charge in [0.2, 0.25) is 0 Å². The number of allylic oxidation sites excluding steroid dienone is 3. The highest BCUT2D eigenvalue weighted by Gasteiger charge is 2.17. The highest BCUT2D eigenvalue weighted by molar-refractivity contribution is 14.1. The van der Waals surface area contributed by atoms with Crippen molar-refractivity contribution in [3.63, 3.8) is 0 Å². The number of Topliss-reactive ketones (excluding diaryl/α,β-unsaturated/α-hetero) is 1. The lowest BCUT2D eigenvalue weighted by Crippen LogP contribution is -2.21. The molecule has 18 heavy (non-hydrogen) atoms. The molecule has 0 saturated heterocycles. The average Bonchev–Trinajstić information content (AvgIpc) is 2.25. The summed E-state index contributed by atoms with van der Waals surface area (Å²) in [6.07, 6.45) is 3.81. The van der Waals surface area contributed by atoms with Crippen LogP contribution in [0.15, 0.2) is 23.5 Å². The van der Waals surface area contributed by atoms with E-state index in [1.165, 1.54) is 6.08 Å². The van der Waals surface area contributed by atoms with Crippen LogP contribution in [0.4, 0.5) is 4.39 Å². The van der Waals surface area contributed by atoms with Crippen molar-refractivity contribution >= 4 is 28.6 Å². The minimum absolute atomic E-state index is 0.0104. The van der Waals surface area contributed by atoms with Gasteiger partial charge in [-0.1, -0.05) is 5.57 Å². The maximum Gasteiger partial charge on any atom is 0.130 e. The zero-order valence-electron chi connectivity index (χ0n) is 10.7. The lowest BCUT2D eigenvalue weighted by atomic mass is 9.97. The van der Waals surface area contributed by atoms with Gasteiger partial charge in [-0.05, 0) is 32.4 Å². The summed E-state index contributed by atoms with van der Waals surface area (Å²) < 4.78 is 22.2. The van der Waals surface area contributed by atoms with Gasteiger partial charge in [0.25, 0.3) is 0 Å². The van der Waals surface area contributed by atoms with E-state index in [9.17, 15) is 9.18 Å². The Morgan fingerprint density at radius 1 is 1.72 bits per heavy atom. The number of hydrogen-bond donors (Lipinski definition) is 1. The van der Waals surface area contributed by atoms with Gasteiger partial charge in [0.05, 0.1) is 0 Å². The number of carbonyl (C=O) groups excluding carboxylic acids is 1. The number of ether oxygens (including phenoxy) is 1. The van der Waals surface area contributed by atoms with E-state index in [0.717, 1.165) is 5.57 Å². The molecule has 1 aliphatic carbocycles. The Hall–Kier alpha value is -0.430. The van der Waals surface area contributed by atoms with Crippen molar-refractivity contribution in [2.75, 3.05) is 6.54 Å². The fourth-order valence-corrected chi connectivity index (χ4v) is 2.38. The van der Waals surface area contributed by atoms with E-state index in [2.05, 4.69) is 3.53 Å². The first kappa shape index (κ1) is 15.6. The molecule has 0 aromatic rings. The Kier molecular flexibility index (Phi) is 6.85. The maximum absolute atomic E-state index is 13.5. The van der Waals surface area contributed by atoms with Gasteiger partial charge in [0, 0.05) is 42.3 Å². The third-order valence-corrected chi connectivity index (χ3v) is 3.09. The van der Waals surface area contributed by atoms with Gasteiger partial charge >= 0.3 is 0 Å². The normalized spacial score (nSPS) is 21.0. The number of nitrogens with one attached hydrogen (secondary N) is 1. The first-order valence-corrected chi connectivity index (χ1v) is 7.14. The summed E-state index contributed by atoms with van der Waals surface area (Å²) in [4.78, 5) is 10.9. The molecule has 0 aromatic carbocycles. The molecule has 0 amide bonds. The summed E-state index contributed by atoms with van der Waals surface area (Å²) >= 11 is 2.05. The lowest BCUT2D eigenvalue weighted by molar-refractivity contribution is -0.117. The van der Waals surface area contributed by atoms with Crippen molar-refractivity contribution in [2.24, 2.45) is 0 Å². The zero-order chi connectivity index (χ0) is 13.5. The van der Waals surface area contributed by atoms with E-state index < -0.39 is 6.17 Å². The second-order valence-corrected chi connectivity index (χ2v) is 5.32. The summed E-state index contributed by atoms with van der Waals surface area (Å²) in [5.74, 6) is 0.706. The van der Waals surface area contributed by atoms with Gasteiger partial charge in [0.15, 0.2) is 0 Å². The minimum atomic E-state index is -1.01. The molecule has 102 valence electrons. The zero-order valence-corrected chi connectivity index (χ0v) is 12.9. The van der Waals surface area contributed by atoms with Crippen molar-refractivity contribution in [2.45, 2.75) is 45.4 Å². The first-order chi connectivity index (χ1) is 8.51. The average molecular weight is 367 g/mol. The number of alkyl halides is 1. The van der Waals surface area contributed by atoms with E-state index in [4.69, 9.17) is 4.74 Å². The number of ketones is 1. The Morgan fingerprint density at radius 3 is 3.06 bits per heavy atom. The van der Waals surface area contributed by atoms with Crippen LogP contribution in [0.2, 0.25) is 0 Å². The van der Waals surface area contributed by atoms with Gasteiger partial charge in [-0.3, -0.25) is 3.53 Å². The van der Waals surface area contributed by atoms with Crippen molar-refractivity contribution < 1.29 is 13.9 Å². The molecule has 0 aliphatic heterocycles. The van der Waals surface area contributed by atoms with E-state index in [1.54, 1.807) is 6.92 Å². The van der Waals surface area contributed by atoms with Gasteiger partial charge in [0.1, 0.15) is 23.8 Å². The highest BCUT2D eigenvalue weighted by atomic mass is 127. The maximum atomic E-state index is 13.5. The number of halogens is 2. The van der Waals surface area contributed by atoms with Gasteiger partial charge in [-0.15, -0.1) is 0 Å². The number of rotatable bonds is 7. The Balaban J connectivity index is 2.57.